The van der Waals surface area contributed by atoms with Gasteiger partial charge in [-0.05, 0) is 24.6 Å². The van der Waals surface area contributed by atoms with Crippen LogP contribution in [0, 0.1) is 6.92 Å². The molecule has 0 N–H and O–H groups in total. The van der Waals surface area contributed by atoms with Gasteiger partial charge in [0.25, 0.3) is 0 Å². The number of hydrogen-bond donors (Lipinski definition) is 0. The van der Waals surface area contributed by atoms with Crippen molar-refractivity contribution >= 4 is 27.3 Å². The highest BCUT2D eigenvalue weighted by Gasteiger charge is 2.26. The molecule has 0 saturated carbocycles. The Kier molecular flexibility index (Phi) is 6.47. The van der Waals surface area contributed by atoms with E-state index in [0.717, 1.165) is 10.6 Å². The first kappa shape index (κ1) is 21.6. The Hall–Kier alpha value is -2.59. The molecule has 0 radical (unpaired) electrons. The Bertz CT molecular complexity index is 1170. The predicted octanol–water partition coefficient (Wildman–Crippen LogP) is 3.50. The summed E-state index contributed by atoms with van der Waals surface area (Å²) >= 11 is 1.28. The molecule has 7 nitrogen and oxygen atoms in total. The molecule has 1 aliphatic rings. The van der Waals surface area contributed by atoms with Crippen molar-refractivity contribution in [3.05, 3.63) is 70.0 Å². The molecule has 1 fully saturated rings. The normalized spacial score (nSPS) is 15.0. The number of nitrogens with zero attached hydrogens (tertiary/aromatic N) is 2. The van der Waals surface area contributed by atoms with Crippen molar-refractivity contribution in [2.45, 2.75) is 18.4 Å². The second-order valence-electron chi connectivity index (χ2n) is 7.02. The van der Waals surface area contributed by atoms with Crippen LogP contribution in [0.4, 0.5) is 0 Å². The number of ether oxygens (including phenoxy) is 2. The summed E-state index contributed by atoms with van der Waals surface area (Å²) in [6, 6.07) is 16.0. The van der Waals surface area contributed by atoms with Gasteiger partial charge in [-0.2, -0.15) is 4.31 Å². The molecule has 31 heavy (non-hydrogen) atoms. The van der Waals surface area contributed by atoms with Crippen molar-refractivity contribution < 1.29 is 22.7 Å². The van der Waals surface area contributed by atoms with E-state index in [1.807, 2.05) is 37.3 Å². The maximum absolute atomic E-state index is 12.9. The lowest BCUT2D eigenvalue weighted by Gasteiger charge is -2.26. The van der Waals surface area contributed by atoms with Gasteiger partial charge in [-0.1, -0.05) is 42.5 Å². The third-order valence-electron chi connectivity index (χ3n) is 4.84. The van der Waals surface area contributed by atoms with Gasteiger partial charge in [-0.25, -0.2) is 18.2 Å². The zero-order chi connectivity index (χ0) is 21.8. The summed E-state index contributed by atoms with van der Waals surface area (Å²) in [4.78, 5) is 17.9. The maximum atomic E-state index is 12.9. The van der Waals surface area contributed by atoms with Gasteiger partial charge in [-0.15, -0.1) is 11.3 Å². The molecule has 1 saturated heterocycles. The zero-order valence-electron chi connectivity index (χ0n) is 17.0. The van der Waals surface area contributed by atoms with E-state index in [4.69, 9.17) is 9.47 Å². The van der Waals surface area contributed by atoms with Crippen molar-refractivity contribution in [3.63, 3.8) is 0 Å². The van der Waals surface area contributed by atoms with Gasteiger partial charge in [0, 0.05) is 18.7 Å². The summed E-state index contributed by atoms with van der Waals surface area (Å²) in [5, 5.41) is 0.768. The van der Waals surface area contributed by atoms with Crippen molar-refractivity contribution in [2.75, 3.05) is 26.3 Å². The molecular weight excluding hydrogens is 436 g/mol. The van der Waals surface area contributed by atoms with Crippen LogP contribution < -0.4 is 0 Å². The fourth-order valence-corrected chi connectivity index (χ4v) is 5.62. The Morgan fingerprint density at radius 3 is 2.61 bits per heavy atom. The number of esters is 1. The second-order valence-corrected chi connectivity index (χ2v) is 10.2. The molecule has 2 heterocycles. The molecule has 2 aromatic carbocycles. The SMILES string of the molecule is Cc1nc(-c2ccccc2)c(C(=O)OCc2cccc(S(=O)(=O)N3CCOCC3)c2)s1. The Labute approximate surface area is 185 Å². The van der Waals surface area contributed by atoms with Crippen LogP contribution >= 0.6 is 11.3 Å². The van der Waals surface area contributed by atoms with Crippen LogP contribution in [0.15, 0.2) is 59.5 Å². The highest BCUT2D eigenvalue weighted by atomic mass is 32.2. The smallest absolute Gasteiger partial charge is 0.350 e. The largest absolute Gasteiger partial charge is 0.457 e. The van der Waals surface area contributed by atoms with Gasteiger partial charge >= 0.3 is 5.97 Å². The summed E-state index contributed by atoms with van der Waals surface area (Å²) < 4.78 is 37.9. The van der Waals surface area contributed by atoms with Crippen LogP contribution in [0.2, 0.25) is 0 Å². The van der Waals surface area contributed by atoms with Gasteiger partial charge in [0.2, 0.25) is 10.0 Å². The van der Waals surface area contributed by atoms with Crippen LogP contribution in [0.25, 0.3) is 11.3 Å². The second kappa shape index (κ2) is 9.27. The summed E-state index contributed by atoms with van der Waals surface area (Å²) in [6.45, 7) is 3.23. The van der Waals surface area contributed by atoms with E-state index in [9.17, 15) is 13.2 Å². The molecule has 0 aliphatic carbocycles. The number of rotatable bonds is 6. The van der Waals surface area contributed by atoms with Gasteiger partial charge in [0.05, 0.1) is 28.8 Å². The first-order valence-electron chi connectivity index (χ1n) is 9.82. The quantitative estimate of drug-likeness (QED) is 0.526. The third kappa shape index (κ3) is 4.85. The molecule has 1 aromatic heterocycles. The Morgan fingerprint density at radius 1 is 1.13 bits per heavy atom. The van der Waals surface area contributed by atoms with Gasteiger partial charge in [-0.3, -0.25) is 0 Å². The summed E-state index contributed by atoms with van der Waals surface area (Å²) in [5.74, 6) is -0.481. The van der Waals surface area contributed by atoms with E-state index in [1.165, 1.54) is 15.6 Å². The van der Waals surface area contributed by atoms with Crippen molar-refractivity contribution in [3.8, 4) is 11.3 Å². The summed E-state index contributed by atoms with van der Waals surface area (Å²) in [6.07, 6.45) is 0. The van der Waals surface area contributed by atoms with Crippen LogP contribution in [-0.4, -0.2) is 50.0 Å². The Balaban J connectivity index is 1.49. The summed E-state index contributed by atoms with van der Waals surface area (Å²) in [7, 11) is -3.61. The molecule has 0 amide bonds. The molecule has 9 heteroatoms. The first-order chi connectivity index (χ1) is 14.9. The average Bonchev–Trinajstić information content (AvgIpc) is 3.20. The third-order valence-corrected chi connectivity index (χ3v) is 7.69. The number of aromatic nitrogens is 1. The van der Waals surface area contributed by atoms with E-state index in [1.54, 1.807) is 24.3 Å². The van der Waals surface area contributed by atoms with E-state index in [-0.39, 0.29) is 11.5 Å². The van der Waals surface area contributed by atoms with Crippen molar-refractivity contribution in [1.82, 2.24) is 9.29 Å². The van der Waals surface area contributed by atoms with E-state index < -0.39 is 16.0 Å². The van der Waals surface area contributed by atoms with Crippen LogP contribution in [0.1, 0.15) is 20.2 Å². The fraction of sp³-hybridized carbons (Fsp3) is 0.273. The fourth-order valence-electron chi connectivity index (χ4n) is 3.30. The number of sulfonamides is 1. The summed E-state index contributed by atoms with van der Waals surface area (Å²) in [5.41, 5.74) is 2.04. The van der Waals surface area contributed by atoms with E-state index in [0.29, 0.717) is 42.4 Å². The zero-order valence-corrected chi connectivity index (χ0v) is 18.6. The van der Waals surface area contributed by atoms with Crippen molar-refractivity contribution in [2.24, 2.45) is 0 Å². The van der Waals surface area contributed by atoms with Crippen LogP contribution in [-0.2, 0) is 26.1 Å². The van der Waals surface area contributed by atoms with Crippen molar-refractivity contribution in [1.29, 1.82) is 0 Å². The van der Waals surface area contributed by atoms with Crippen LogP contribution in [0.3, 0.4) is 0 Å². The molecule has 162 valence electrons. The van der Waals surface area contributed by atoms with Gasteiger partial charge in [0.1, 0.15) is 11.5 Å². The Morgan fingerprint density at radius 2 is 1.87 bits per heavy atom. The molecule has 0 atom stereocenters. The molecular formula is C22H22N2O5S2. The predicted molar refractivity (Wildman–Crippen MR) is 117 cm³/mol. The minimum absolute atomic E-state index is 0.0313. The van der Waals surface area contributed by atoms with E-state index in [2.05, 4.69) is 4.98 Å². The van der Waals surface area contributed by atoms with Crippen LogP contribution in [0.5, 0.6) is 0 Å². The maximum Gasteiger partial charge on any atom is 0.350 e. The molecule has 0 bridgehead atoms. The van der Waals surface area contributed by atoms with Gasteiger partial charge in [0.15, 0.2) is 0 Å². The molecule has 0 unspecified atom stereocenters. The molecule has 1 aliphatic heterocycles. The number of benzene rings is 2. The number of aryl methyl sites for hydroxylation is 1. The average molecular weight is 459 g/mol. The number of thiazole rings is 1. The number of morpholine rings is 1. The topological polar surface area (TPSA) is 85.8 Å². The number of carbonyl (C=O) groups is 1. The highest BCUT2D eigenvalue weighted by molar-refractivity contribution is 7.89. The minimum atomic E-state index is -3.61. The standard InChI is InChI=1S/C22H22N2O5S2/c1-16-23-20(18-7-3-2-4-8-18)21(30-16)22(25)29-15-17-6-5-9-19(14-17)31(26,27)24-10-12-28-13-11-24/h2-9,14H,10-13,15H2,1H3. The number of carbonyl (C=O) groups excluding carboxylic acids is 1. The molecule has 3 aromatic rings. The lowest BCUT2D eigenvalue weighted by Crippen LogP contribution is -2.40. The van der Waals surface area contributed by atoms with Gasteiger partial charge < -0.3 is 9.47 Å². The minimum Gasteiger partial charge on any atom is -0.457 e. The molecule has 4 rings (SSSR count). The first-order valence-corrected chi connectivity index (χ1v) is 12.1. The lowest BCUT2D eigenvalue weighted by atomic mass is 10.1. The number of hydrogen-bond acceptors (Lipinski definition) is 7. The van der Waals surface area contributed by atoms with E-state index >= 15 is 0 Å². The molecule has 0 spiro atoms. The lowest BCUT2D eigenvalue weighted by molar-refractivity contribution is 0.0479. The highest BCUT2D eigenvalue weighted by Crippen LogP contribution is 2.29. The monoisotopic (exact) mass is 458 g/mol.